The third-order valence-electron chi connectivity index (χ3n) is 15.1. The van der Waals surface area contributed by atoms with E-state index in [1.54, 1.807) is 0 Å². The molecule has 0 fully saturated rings. The van der Waals surface area contributed by atoms with Crippen LogP contribution in [0.4, 0.5) is 17.1 Å². The highest BCUT2D eigenvalue weighted by Crippen LogP contribution is 2.63. The molecule has 2 aliphatic rings. The van der Waals surface area contributed by atoms with E-state index in [2.05, 4.69) is 241 Å². The Hall–Kier alpha value is -9.18. The molecule has 0 unspecified atom stereocenters. The van der Waals surface area contributed by atoms with Crippen molar-refractivity contribution in [3.63, 3.8) is 0 Å². The van der Waals surface area contributed by atoms with Gasteiger partial charge in [-0.1, -0.05) is 194 Å². The van der Waals surface area contributed by atoms with Crippen LogP contribution in [0.25, 0.3) is 99.5 Å². The Kier molecular flexibility index (Phi) is 8.28. The molecule has 0 N–H and O–H groups in total. The first-order chi connectivity index (χ1) is 34.7. The highest BCUT2D eigenvalue weighted by Gasteiger charge is 2.51. The molecule has 3 nitrogen and oxygen atoms in total. The number of benzene rings is 11. The summed E-state index contributed by atoms with van der Waals surface area (Å²) in [6.45, 7) is 0. The highest BCUT2D eigenvalue weighted by atomic mass is 16.3. The van der Waals surface area contributed by atoms with Gasteiger partial charge in [-0.2, -0.15) is 0 Å². The molecule has 0 aliphatic heterocycles. The molecule has 2 heterocycles. The molecular formula is C67H41NO2. The van der Waals surface area contributed by atoms with Crippen LogP contribution >= 0.6 is 0 Å². The number of furan rings is 2. The van der Waals surface area contributed by atoms with Crippen LogP contribution in [-0.4, -0.2) is 0 Å². The number of para-hydroxylation sites is 3. The van der Waals surface area contributed by atoms with E-state index in [4.69, 9.17) is 8.83 Å². The van der Waals surface area contributed by atoms with Crippen molar-refractivity contribution in [2.24, 2.45) is 0 Å². The highest BCUT2D eigenvalue weighted by molar-refractivity contribution is 6.13. The van der Waals surface area contributed by atoms with Crippen molar-refractivity contribution in [3.8, 4) is 55.6 Å². The first-order valence-electron chi connectivity index (χ1n) is 24.1. The van der Waals surface area contributed by atoms with Crippen molar-refractivity contribution < 1.29 is 8.83 Å². The minimum Gasteiger partial charge on any atom is -0.455 e. The van der Waals surface area contributed by atoms with Gasteiger partial charge in [-0.3, -0.25) is 0 Å². The summed E-state index contributed by atoms with van der Waals surface area (Å²) in [6, 6.07) is 90.1. The second kappa shape index (κ2) is 14.9. The Labute approximate surface area is 404 Å². The summed E-state index contributed by atoms with van der Waals surface area (Å²) in [5.41, 5.74) is 23.5. The fourth-order valence-electron chi connectivity index (χ4n) is 12.0. The van der Waals surface area contributed by atoms with E-state index >= 15 is 0 Å². The van der Waals surface area contributed by atoms with Gasteiger partial charge in [0.25, 0.3) is 0 Å². The van der Waals surface area contributed by atoms with E-state index < -0.39 is 5.41 Å². The molecule has 0 bridgehead atoms. The van der Waals surface area contributed by atoms with Gasteiger partial charge in [0.15, 0.2) is 0 Å². The lowest BCUT2D eigenvalue weighted by Gasteiger charge is -2.30. The average molecular weight is 892 g/mol. The zero-order valence-corrected chi connectivity index (χ0v) is 37.9. The number of hydrogen-bond acceptors (Lipinski definition) is 3. The van der Waals surface area contributed by atoms with Gasteiger partial charge in [0.05, 0.1) is 5.41 Å². The van der Waals surface area contributed by atoms with Gasteiger partial charge in [-0.05, 0) is 121 Å². The summed E-state index contributed by atoms with van der Waals surface area (Å²) in [4.78, 5) is 2.33. The number of nitrogens with zero attached hydrogens (tertiary/aromatic N) is 1. The summed E-state index contributed by atoms with van der Waals surface area (Å²) >= 11 is 0. The first kappa shape index (κ1) is 38.9. The Morgan fingerprint density at radius 1 is 0.257 bits per heavy atom. The largest absolute Gasteiger partial charge is 0.455 e. The lowest BCUT2D eigenvalue weighted by atomic mass is 9.70. The maximum Gasteiger partial charge on any atom is 0.143 e. The standard InChI is InChI=1S/C67H41NO2/c1-2-14-42(15-3-1)43-28-34-46(35-29-43)68(47-36-30-44(31-37-47)49-20-12-22-55-54-19-7-11-27-63(54)69-65(49)55)48-38-32-45(33-39-48)50-21-13-23-56-58-40-57-53-18-6-10-26-61(53)67(62(57)41-64(58)70-66(50)56)59-24-8-4-16-51(59)52-17-5-9-25-60(52)67/h1-41H. The van der Waals surface area contributed by atoms with E-state index in [9.17, 15) is 0 Å². The minimum absolute atomic E-state index is 0.429. The quantitative estimate of drug-likeness (QED) is 0.167. The van der Waals surface area contributed by atoms with Gasteiger partial charge in [0, 0.05) is 49.7 Å². The molecule has 2 aliphatic carbocycles. The van der Waals surface area contributed by atoms with Gasteiger partial charge in [0.2, 0.25) is 0 Å². The van der Waals surface area contributed by atoms with Gasteiger partial charge < -0.3 is 13.7 Å². The molecule has 15 rings (SSSR count). The number of fused-ring (bicyclic) bond motifs is 16. The third-order valence-corrected chi connectivity index (χ3v) is 15.1. The van der Waals surface area contributed by atoms with Crippen molar-refractivity contribution in [3.05, 3.63) is 271 Å². The Morgan fingerprint density at radius 2 is 0.671 bits per heavy atom. The van der Waals surface area contributed by atoms with Crippen LogP contribution in [0.1, 0.15) is 22.3 Å². The van der Waals surface area contributed by atoms with Crippen LogP contribution < -0.4 is 4.90 Å². The predicted octanol–water partition coefficient (Wildman–Crippen LogP) is 18.3. The lowest BCUT2D eigenvalue weighted by Crippen LogP contribution is -2.25. The number of hydrogen-bond donors (Lipinski definition) is 0. The fraction of sp³-hybridized carbons (Fsp3) is 0.0149. The first-order valence-corrected chi connectivity index (χ1v) is 24.1. The van der Waals surface area contributed by atoms with Gasteiger partial charge in [0.1, 0.15) is 22.3 Å². The summed E-state index contributed by atoms with van der Waals surface area (Å²) in [7, 11) is 0. The van der Waals surface area contributed by atoms with Crippen LogP contribution in [0, 0.1) is 0 Å². The maximum atomic E-state index is 7.08. The van der Waals surface area contributed by atoms with Crippen molar-refractivity contribution in [1.29, 1.82) is 0 Å². The molecular weight excluding hydrogens is 851 g/mol. The molecule has 0 saturated heterocycles. The van der Waals surface area contributed by atoms with Gasteiger partial charge in [-0.15, -0.1) is 0 Å². The van der Waals surface area contributed by atoms with Crippen molar-refractivity contribution in [2.75, 3.05) is 4.90 Å². The number of rotatable bonds is 6. The van der Waals surface area contributed by atoms with Gasteiger partial charge >= 0.3 is 0 Å². The van der Waals surface area contributed by atoms with E-state index in [1.807, 2.05) is 12.1 Å². The Bertz CT molecular complexity index is 4170. The summed E-state index contributed by atoms with van der Waals surface area (Å²) in [6.07, 6.45) is 0. The Morgan fingerprint density at radius 3 is 1.24 bits per heavy atom. The molecule has 0 amide bonds. The zero-order chi connectivity index (χ0) is 45.9. The van der Waals surface area contributed by atoms with Crippen molar-refractivity contribution in [1.82, 2.24) is 0 Å². The normalized spacial score (nSPS) is 13.0. The maximum absolute atomic E-state index is 7.08. The molecule has 0 atom stereocenters. The smallest absolute Gasteiger partial charge is 0.143 e. The second-order valence-corrected chi connectivity index (χ2v) is 18.7. The average Bonchev–Trinajstić information content (AvgIpc) is 4.16. The molecule has 0 saturated carbocycles. The molecule has 1 spiro atoms. The van der Waals surface area contributed by atoms with E-state index in [0.717, 1.165) is 83.2 Å². The third kappa shape index (κ3) is 5.52. The SMILES string of the molecule is c1ccc(-c2ccc(N(c3ccc(-c4cccc5c4oc4ccccc45)cc3)c3ccc(-c4cccc5c4oc4cc6c(cc45)-c4ccccc4C64c5ccccc5-c5ccccc54)cc3)cc2)cc1. The predicted molar refractivity (Wildman–Crippen MR) is 288 cm³/mol. The molecule has 3 heteroatoms. The minimum atomic E-state index is -0.429. The topological polar surface area (TPSA) is 29.5 Å². The second-order valence-electron chi connectivity index (χ2n) is 18.7. The fourth-order valence-corrected chi connectivity index (χ4v) is 12.0. The molecule has 13 aromatic rings. The molecule has 2 aromatic heterocycles. The van der Waals surface area contributed by atoms with E-state index in [-0.39, 0.29) is 0 Å². The van der Waals surface area contributed by atoms with Gasteiger partial charge in [-0.25, -0.2) is 0 Å². The number of anilines is 3. The molecule has 326 valence electrons. The molecule has 70 heavy (non-hydrogen) atoms. The summed E-state index contributed by atoms with van der Waals surface area (Å²) in [5.74, 6) is 0. The van der Waals surface area contributed by atoms with E-state index in [1.165, 1.54) is 55.6 Å². The summed E-state index contributed by atoms with van der Waals surface area (Å²) in [5, 5.41) is 4.50. The zero-order valence-electron chi connectivity index (χ0n) is 37.9. The van der Waals surface area contributed by atoms with Crippen LogP contribution in [0.15, 0.2) is 258 Å². The lowest BCUT2D eigenvalue weighted by molar-refractivity contribution is 0.667. The van der Waals surface area contributed by atoms with Crippen LogP contribution in [0.5, 0.6) is 0 Å². The summed E-state index contributed by atoms with van der Waals surface area (Å²) < 4.78 is 13.5. The monoisotopic (exact) mass is 891 g/mol. The van der Waals surface area contributed by atoms with E-state index in [0.29, 0.717) is 0 Å². The van der Waals surface area contributed by atoms with Crippen LogP contribution in [0.2, 0.25) is 0 Å². The molecule has 11 aromatic carbocycles. The molecule has 0 radical (unpaired) electrons. The van der Waals surface area contributed by atoms with Crippen molar-refractivity contribution in [2.45, 2.75) is 5.41 Å². The van der Waals surface area contributed by atoms with Crippen LogP contribution in [-0.2, 0) is 5.41 Å². The van der Waals surface area contributed by atoms with Crippen LogP contribution in [0.3, 0.4) is 0 Å². The Balaban J connectivity index is 0.837. The van der Waals surface area contributed by atoms with Crippen molar-refractivity contribution >= 4 is 60.9 Å².